The zero-order valence-electron chi connectivity index (χ0n) is 13.2. The molecule has 1 aliphatic heterocycles. The second-order valence-corrected chi connectivity index (χ2v) is 6.80. The molecular weight excluding hydrogens is 232 g/mol. The molecular formula is C17H34N2. The van der Waals surface area contributed by atoms with Gasteiger partial charge in [-0.1, -0.05) is 32.6 Å². The Labute approximate surface area is 120 Å². The van der Waals surface area contributed by atoms with E-state index in [1.54, 1.807) is 0 Å². The van der Waals surface area contributed by atoms with E-state index >= 15 is 0 Å². The van der Waals surface area contributed by atoms with Crippen molar-refractivity contribution in [1.29, 1.82) is 0 Å². The van der Waals surface area contributed by atoms with Crippen LogP contribution in [-0.4, -0.2) is 36.6 Å². The normalized spacial score (nSPS) is 28.4. The fraction of sp³-hybridized carbons (Fsp3) is 1.00. The van der Waals surface area contributed by atoms with Crippen molar-refractivity contribution in [1.82, 2.24) is 10.2 Å². The van der Waals surface area contributed by atoms with Gasteiger partial charge in [0.05, 0.1) is 0 Å². The average molecular weight is 266 g/mol. The summed E-state index contributed by atoms with van der Waals surface area (Å²) in [6, 6.07) is 1.55. The summed E-state index contributed by atoms with van der Waals surface area (Å²) in [7, 11) is 0. The number of likely N-dealkylation sites (tertiary alicyclic amines) is 1. The zero-order chi connectivity index (χ0) is 13.5. The summed E-state index contributed by atoms with van der Waals surface area (Å²) in [5, 5.41) is 3.86. The van der Waals surface area contributed by atoms with Gasteiger partial charge in [-0.05, 0) is 58.0 Å². The van der Waals surface area contributed by atoms with Crippen LogP contribution in [0.5, 0.6) is 0 Å². The second kappa shape index (κ2) is 8.26. The van der Waals surface area contributed by atoms with E-state index in [-0.39, 0.29) is 0 Å². The highest BCUT2D eigenvalue weighted by atomic mass is 15.2. The van der Waals surface area contributed by atoms with Crippen LogP contribution in [0.3, 0.4) is 0 Å². The summed E-state index contributed by atoms with van der Waals surface area (Å²) in [5.41, 5.74) is 0. The van der Waals surface area contributed by atoms with Crippen LogP contribution < -0.4 is 5.32 Å². The van der Waals surface area contributed by atoms with Crippen molar-refractivity contribution in [2.45, 2.75) is 83.7 Å². The maximum absolute atomic E-state index is 3.86. The first-order valence-corrected chi connectivity index (χ1v) is 8.78. The molecule has 2 nitrogen and oxygen atoms in total. The van der Waals surface area contributed by atoms with E-state index < -0.39 is 0 Å². The molecule has 0 bridgehead atoms. The summed E-state index contributed by atoms with van der Waals surface area (Å²) < 4.78 is 0. The minimum Gasteiger partial charge on any atom is -0.312 e. The smallest absolute Gasteiger partial charge is 0.0223 e. The quantitative estimate of drug-likeness (QED) is 0.786. The zero-order valence-corrected chi connectivity index (χ0v) is 13.2. The van der Waals surface area contributed by atoms with Crippen molar-refractivity contribution >= 4 is 0 Å². The Balaban J connectivity index is 1.89. The van der Waals surface area contributed by atoms with E-state index in [4.69, 9.17) is 0 Å². The molecule has 2 heteroatoms. The summed E-state index contributed by atoms with van der Waals surface area (Å²) in [6.45, 7) is 8.55. The SMILES string of the molecule is CCCNC(CN1CCCCCC1C)C1CCCC1. The summed E-state index contributed by atoms with van der Waals surface area (Å²) in [6.07, 6.45) is 12.8. The molecule has 2 unspecified atom stereocenters. The Kier molecular flexibility index (Phi) is 6.66. The van der Waals surface area contributed by atoms with E-state index in [1.165, 1.54) is 77.4 Å². The Morgan fingerprint density at radius 2 is 1.79 bits per heavy atom. The van der Waals surface area contributed by atoms with Crippen LogP contribution in [-0.2, 0) is 0 Å². The maximum atomic E-state index is 3.86. The van der Waals surface area contributed by atoms with E-state index in [0.717, 1.165) is 18.0 Å². The highest BCUT2D eigenvalue weighted by Crippen LogP contribution is 2.29. The van der Waals surface area contributed by atoms with Gasteiger partial charge in [-0.3, -0.25) is 4.90 Å². The van der Waals surface area contributed by atoms with Gasteiger partial charge in [0.1, 0.15) is 0 Å². The van der Waals surface area contributed by atoms with Gasteiger partial charge in [-0.15, -0.1) is 0 Å². The van der Waals surface area contributed by atoms with Crippen LogP contribution in [0.4, 0.5) is 0 Å². The monoisotopic (exact) mass is 266 g/mol. The summed E-state index contributed by atoms with van der Waals surface area (Å²) in [4.78, 5) is 2.78. The summed E-state index contributed by atoms with van der Waals surface area (Å²) in [5.74, 6) is 0.946. The molecule has 19 heavy (non-hydrogen) atoms. The fourth-order valence-electron chi connectivity index (χ4n) is 3.93. The molecule has 112 valence electrons. The second-order valence-electron chi connectivity index (χ2n) is 6.80. The molecule has 1 saturated heterocycles. The highest BCUT2D eigenvalue weighted by Gasteiger charge is 2.28. The Bertz CT molecular complexity index is 235. The number of hydrogen-bond acceptors (Lipinski definition) is 2. The van der Waals surface area contributed by atoms with E-state index in [9.17, 15) is 0 Å². The molecule has 2 fully saturated rings. The Morgan fingerprint density at radius 1 is 1.05 bits per heavy atom. The third-order valence-electron chi connectivity index (χ3n) is 5.25. The molecule has 0 amide bonds. The van der Waals surface area contributed by atoms with Crippen LogP contribution in [0.15, 0.2) is 0 Å². The molecule has 0 radical (unpaired) electrons. The molecule has 1 heterocycles. The lowest BCUT2D eigenvalue weighted by Crippen LogP contribution is -2.47. The predicted molar refractivity (Wildman–Crippen MR) is 83.5 cm³/mol. The van der Waals surface area contributed by atoms with Crippen molar-refractivity contribution in [2.75, 3.05) is 19.6 Å². The van der Waals surface area contributed by atoms with Crippen molar-refractivity contribution in [3.05, 3.63) is 0 Å². The standard InChI is InChI=1S/C17H34N2/c1-3-12-18-17(16-10-6-7-11-16)14-19-13-8-4-5-9-15(19)2/h15-18H,3-14H2,1-2H3. The summed E-state index contributed by atoms with van der Waals surface area (Å²) >= 11 is 0. The number of hydrogen-bond donors (Lipinski definition) is 1. The third kappa shape index (κ3) is 4.75. The molecule has 0 aromatic rings. The lowest BCUT2D eigenvalue weighted by atomic mass is 9.96. The molecule has 2 rings (SSSR count). The van der Waals surface area contributed by atoms with E-state index in [0.29, 0.717) is 0 Å². The van der Waals surface area contributed by atoms with E-state index in [2.05, 4.69) is 24.1 Å². The van der Waals surface area contributed by atoms with Gasteiger partial charge < -0.3 is 5.32 Å². The van der Waals surface area contributed by atoms with Gasteiger partial charge in [-0.25, -0.2) is 0 Å². The molecule has 1 N–H and O–H groups in total. The number of nitrogens with zero attached hydrogens (tertiary/aromatic N) is 1. The number of rotatable bonds is 6. The van der Waals surface area contributed by atoms with Gasteiger partial charge in [-0.2, -0.15) is 0 Å². The van der Waals surface area contributed by atoms with Gasteiger partial charge >= 0.3 is 0 Å². The minimum atomic E-state index is 0.753. The van der Waals surface area contributed by atoms with Gasteiger partial charge in [0.25, 0.3) is 0 Å². The Morgan fingerprint density at radius 3 is 2.53 bits per heavy atom. The van der Waals surface area contributed by atoms with Gasteiger partial charge in [0.15, 0.2) is 0 Å². The minimum absolute atomic E-state index is 0.753. The first-order chi connectivity index (χ1) is 9.31. The van der Waals surface area contributed by atoms with Gasteiger partial charge in [0.2, 0.25) is 0 Å². The average Bonchev–Trinajstić information content (AvgIpc) is 2.87. The topological polar surface area (TPSA) is 15.3 Å². The first kappa shape index (κ1) is 15.3. The molecule has 0 aromatic carbocycles. The van der Waals surface area contributed by atoms with Crippen molar-refractivity contribution in [3.8, 4) is 0 Å². The van der Waals surface area contributed by atoms with Crippen LogP contribution in [0.25, 0.3) is 0 Å². The van der Waals surface area contributed by atoms with Crippen LogP contribution in [0, 0.1) is 5.92 Å². The first-order valence-electron chi connectivity index (χ1n) is 8.78. The molecule has 0 aromatic heterocycles. The molecule has 0 spiro atoms. The number of nitrogens with one attached hydrogen (secondary N) is 1. The predicted octanol–water partition coefficient (Wildman–Crippen LogP) is 3.81. The van der Waals surface area contributed by atoms with Crippen molar-refractivity contribution in [2.24, 2.45) is 5.92 Å². The molecule has 1 saturated carbocycles. The highest BCUT2D eigenvalue weighted by molar-refractivity contribution is 4.85. The van der Waals surface area contributed by atoms with E-state index in [1.807, 2.05) is 0 Å². The largest absolute Gasteiger partial charge is 0.312 e. The lowest BCUT2D eigenvalue weighted by Gasteiger charge is -2.34. The fourth-order valence-corrected chi connectivity index (χ4v) is 3.93. The van der Waals surface area contributed by atoms with Crippen LogP contribution >= 0.6 is 0 Å². The van der Waals surface area contributed by atoms with Gasteiger partial charge in [0, 0.05) is 18.6 Å². The molecule has 1 aliphatic carbocycles. The van der Waals surface area contributed by atoms with Crippen molar-refractivity contribution < 1.29 is 0 Å². The molecule has 2 atom stereocenters. The Hall–Kier alpha value is -0.0800. The lowest BCUT2D eigenvalue weighted by molar-refractivity contribution is 0.167. The van der Waals surface area contributed by atoms with Crippen molar-refractivity contribution in [3.63, 3.8) is 0 Å². The maximum Gasteiger partial charge on any atom is 0.0223 e. The third-order valence-corrected chi connectivity index (χ3v) is 5.25. The van der Waals surface area contributed by atoms with Crippen LogP contribution in [0.2, 0.25) is 0 Å². The van der Waals surface area contributed by atoms with Crippen LogP contribution in [0.1, 0.15) is 71.6 Å². The molecule has 2 aliphatic rings.